The molecule has 0 bridgehead atoms. The summed E-state index contributed by atoms with van der Waals surface area (Å²) >= 11 is 0. The Morgan fingerprint density at radius 3 is 2.82 bits per heavy atom. The van der Waals surface area contributed by atoms with Crippen LogP contribution < -0.4 is 10.6 Å². The predicted octanol–water partition coefficient (Wildman–Crippen LogP) is 1.43. The molecule has 0 spiro atoms. The van der Waals surface area contributed by atoms with E-state index in [1.165, 1.54) is 12.8 Å². The highest BCUT2D eigenvalue weighted by Crippen LogP contribution is 2.38. The van der Waals surface area contributed by atoms with E-state index >= 15 is 0 Å². The van der Waals surface area contributed by atoms with E-state index in [4.69, 9.17) is 5.26 Å². The molecule has 1 saturated carbocycles. The van der Waals surface area contributed by atoms with Gasteiger partial charge in [-0.2, -0.15) is 5.26 Å². The van der Waals surface area contributed by atoms with Gasteiger partial charge in [-0.3, -0.25) is 4.79 Å². The highest BCUT2D eigenvalue weighted by molar-refractivity contribution is 5.78. The van der Waals surface area contributed by atoms with E-state index < -0.39 is 0 Å². The Bertz CT molecular complexity index is 306. The van der Waals surface area contributed by atoms with Crippen molar-refractivity contribution in [1.82, 2.24) is 10.6 Å². The molecule has 0 aromatic heterocycles. The van der Waals surface area contributed by atoms with Crippen LogP contribution in [0.4, 0.5) is 0 Å². The maximum absolute atomic E-state index is 11.4. The Kier molecular flexibility index (Phi) is 4.95. The Morgan fingerprint density at radius 1 is 1.53 bits per heavy atom. The van der Waals surface area contributed by atoms with Crippen LogP contribution in [0, 0.1) is 22.7 Å². The van der Waals surface area contributed by atoms with Gasteiger partial charge in [-0.05, 0) is 30.6 Å². The predicted molar refractivity (Wildman–Crippen MR) is 67.2 cm³/mol. The molecule has 0 aromatic rings. The topological polar surface area (TPSA) is 64.9 Å². The maximum atomic E-state index is 11.4. The van der Waals surface area contributed by atoms with E-state index in [0.29, 0.717) is 23.9 Å². The van der Waals surface area contributed by atoms with E-state index in [1.807, 2.05) is 6.07 Å². The summed E-state index contributed by atoms with van der Waals surface area (Å²) in [6.45, 7) is 7.26. The van der Waals surface area contributed by atoms with Gasteiger partial charge in [0.1, 0.15) is 6.54 Å². The van der Waals surface area contributed by atoms with Crippen LogP contribution >= 0.6 is 0 Å². The van der Waals surface area contributed by atoms with Crippen molar-refractivity contribution in [2.75, 3.05) is 13.1 Å². The standard InChI is InChI=1S/C13H23N3O/c1-10-8-13(2,3)5-4-11(10)16-9-12(17)15-7-6-14/h10-11,16H,4-5,7-9H2,1-3H3,(H,15,17)/t10-,11-/m0/s1. The van der Waals surface area contributed by atoms with Crippen LogP contribution in [0.1, 0.15) is 40.0 Å². The maximum Gasteiger partial charge on any atom is 0.234 e. The van der Waals surface area contributed by atoms with Crippen molar-refractivity contribution in [3.05, 3.63) is 0 Å². The van der Waals surface area contributed by atoms with Gasteiger partial charge < -0.3 is 10.6 Å². The average molecular weight is 237 g/mol. The quantitative estimate of drug-likeness (QED) is 0.727. The Hall–Kier alpha value is -1.08. The minimum Gasteiger partial charge on any atom is -0.342 e. The molecule has 1 rings (SSSR count). The van der Waals surface area contributed by atoms with E-state index in [1.54, 1.807) is 0 Å². The van der Waals surface area contributed by atoms with Crippen LogP contribution in [0.3, 0.4) is 0 Å². The molecule has 96 valence electrons. The Labute approximate surface area is 104 Å². The third kappa shape index (κ3) is 4.74. The van der Waals surface area contributed by atoms with E-state index in [-0.39, 0.29) is 12.5 Å². The van der Waals surface area contributed by atoms with Crippen molar-refractivity contribution in [3.8, 4) is 6.07 Å². The zero-order chi connectivity index (χ0) is 12.9. The fourth-order valence-electron chi connectivity index (χ4n) is 2.67. The third-order valence-corrected chi connectivity index (χ3v) is 3.58. The van der Waals surface area contributed by atoms with Crippen LogP contribution in [-0.2, 0) is 4.79 Å². The second-order valence-electron chi connectivity index (χ2n) is 5.81. The highest BCUT2D eigenvalue weighted by Gasteiger charge is 2.32. The summed E-state index contributed by atoms with van der Waals surface area (Å²) in [5.74, 6) is 0.506. The molecule has 0 aromatic carbocycles. The Morgan fingerprint density at radius 2 is 2.24 bits per heavy atom. The number of nitrogens with zero attached hydrogens (tertiary/aromatic N) is 1. The number of nitrogens with one attached hydrogen (secondary N) is 2. The Balaban J connectivity index is 2.29. The van der Waals surface area contributed by atoms with Gasteiger partial charge in [0.25, 0.3) is 0 Å². The van der Waals surface area contributed by atoms with Gasteiger partial charge in [0.05, 0.1) is 12.6 Å². The van der Waals surface area contributed by atoms with E-state index in [9.17, 15) is 4.79 Å². The summed E-state index contributed by atoms with van der Waals surface area (Å²) in [5.41, 5.74) is 0.431. The second-order valence-corrected chi connectivity index (χ2v) is 5.81. The number of nitriles is 1. The third-order valence-electron chi connectivity index (χ3n) is 3.58. The lowest BCUT2D eigenvalue weighted by Crippen LogP contribution is -2.45. The molecule has 0 heterocycles. The largest absolute Gasteiger partial charge is 0.342 e. The number of carbonyl (C=O) groups is 1. The molecule has 1 aliphatic rings. The number of hydrogen-bond acceptors (Lipinski definition) is 3. The average Bonchev–Trinajstić information content (AvgIpc) is 2.24. The zero-order valence-electron chi connectivity index (χ0n) is 11.0. The number of amides is 1. The van der Waals surface area contributed by atoms with Crippen molar-refractivity contribution in [2.45, 2.75) is 46.1 Å². The lowest BCUT2D eigenvalue weighted by Gasteiger charge is -2.39. The van der Waals surface area contributed by atoms with Crippen LogP contribution in [0.5, 0.6) is 0 Å². The van der Waals surface area contributed by atoms with Gasteiger partial charge in [-0.1, -0.05) is 20.8 Å². The van der Waals surface area contributed by atoms with Gasteiger partial charge in [0.15, 0.2) is 0 Å². The first-order valence-electron chi connectivity index (χ1n) is 6.31. The molecular weight excluding hydrogens is 214 g/mol. The van der Waals surface area contributed by atoms with Crippen molar-refractivity contribution in [1.29, 1.82) is 5.26 Å². The molecule has 17 heavy (non-hydrogen) atoms. The van der Waals surface area contributed by atoms with Crippen LogP contribution in [0.2, 0.25) is 0 Å². The minimum absolute atomic E-state index is 0.0910. The monoisotopic (exact) mass is 237 g/mol. The lowest BCUT2D eigenvalue weighted by molar-refractivity contribution is -0.120. The number of hydrogen-bond donors (Lipinski definition) is 2. The van der Waals surface area contributed by atoms with E-state index in [0.717, 1.165) is 6.42 Å². The molecule has 1 aliphatic carbocycles. The lowest BCUT2D eigenvalue weighted by atomic mass is 9.70. The summed E-state index contributed by atoms with van der Waals surface area (Å²) in [5, 5.41) is 14.2. The second kappa shape index (κ2) is 6.02. The van der Waals surface area contributed by atoms with Gasteiger partial charge in [0, 0.05) is 6.04 Å². The molecule has 2 atom stereocenters. The summed E-state index contributed by atoms with van der Waals surface area (Å²) in [6, 6.07) is 2.32. The normalized spacial score (nSPS) is 27.2. The van der Waals surface area contributed by atoms with Crippen molar-refractivity contribution >= 4 is 5.91 Å². The molecule has 4 heteroatoms. The fourth-order valence-corrected chi connectivity index (χ4v) is 2.67. The number of carbonyl (C=O) groups excluding carboxylic acids is 1. The molecule has 0 aliphatic heterocycles. The molecule has 4 nitrogen and oxygen atoms in total. The van der Waals surface area contributed by atoms with E-state index in [2.05, 4.69) is 31.4 Å². The van der Waals surface area contributed by atoms with Crippen LogP contribution in [0.15, 0.2) is 0 Å². The summed E-state index contributed by atoms with van der Waals surface area (Å²) < 4.78 is 0. The summed E-state index contributed by atoms with van der Waals surface area (Å²) in [4.78, 5) is 11.4. The van der Waals surface area contributed by atoms with Gasteiger partial charge in [-0.15, -0.1) is 0 Å². The summed E-state index contributed by atoms with van der Waals surface area (Å²) in [6.07, 6.45) is 3.53. The van der Waals surface area contributed by atoms with Crippen molar-refractivity contribution < 1.29 is 4.79 Å². The smallest absolute Gasteiger partial charge is 0.234 e. The first-order valence-corrected chi connectivity index (χ1v) is 6.31. The fraction of sp³-hybridized carbons (Fsp3) is 0.846. The molecular formula is C13H23N3O. The molecule has 0 saturated heterocycles. The first-order chi connectivity index (χ1) is 7.94. The number of rotatable bonds is 4. The van der Waals surface area contributed by atoms with Crippen LogP contribution in [0.25, 0.3) is 0 Å². The van der Waals surface area contributed by atoms with Gasteiger partial charge >= 0.3 is 0 Å². The zero-order valence-corrected chi connectivity index (χ0v) is 11.0. The minimum atomic E-state index is -0.0939. The SMILES string of the molecule is C[C@H]1CC(C)(C)CC[C@@H]1NCC(=O)NCC#N. The molecule has 0 radical (unpaired) electrons. The van der Waals surface area contributed by atoms with Crippen molar-refractivity contribution in [2.24, 2.45) is 11.3 Å². The van der Waals surface area contributed by atoms with Crippen molar-refractivity contribution in [3.63, 3.8) is 0 Å². The summed E-state index contributed by atoms with van der Waals surface area (Å²) in [7, 11) is 0. The molecule has 1 amide bonds. The molecule has 0 unspecified atom stereocenters. The molecule has 2 N–H and O–H groups in total. The molecule has 1 fully saturated rings. The van der Waals surface area contributed by atoms with Crippen LogP contribution in [-0.4, -0.2) is 25.0 Å². The highest BCUT2D eigenvalue weighted by atomic mass is 16.1. The first kappa shape index (κ1) is 14.0. The van der Waals surface area contributed by atoms with Gasteiger partial charge in [0.2, 0.25) is 5.91 Å². The van der Waals surface area contributed by atoms with Gasteiger partial charge in [-0.25, -0.2) is 0 Å².